The Bertz CT molecular complexity index is 392. The highest BCUT2D eigenvalue weighted by molar-refractivity contribution is 5.89. The molecule has 4 heteroatoms. The lowest BCUT2D eigenvalue weighted by atomic mass is 10.2. The van der Waals surface area contributed by atoms with E-state index >= 15 is 0 Å². The number of hydrogen-bond acceptors (Lipinski definition) is 4. The summed E-state index contributed by atoms with van der Waals surface area (Å²) in [4.78, 5) is 22.0. The Hall–Kier alpha value is -2.10. The van der Waals surface area contributed by atoms with Crippen molar-refractivity contribution in [3.05, 3.63) is 48.0 Å². The topological polar surface area (TPSA) is 52.6 Å². The van der Waals surface area contributed by atoms with Crippen LogP contribution in [0.25, 0.3) is 0 Å². The van der Waals surface area contributed by atoms with Crippen LogP contribution < -0.4 is 0 Å². The summed E-state index contributed by atoms with van der Waals surface area (Å²) in [6, 6.07) is 6.89. The number of aryl methyl sites for hydroxylation is 1. The van der Waals surface area contributed by atoms with E-state index in [0.29, 0.717) is 5.56 Å². The molecule has 0 fully saturated rings. The molecule has 0 N–H and O–H groups in total. The van der Waals surface area contributed by atoms with Crippen LogP contribution in [0, 0.1) is 6.92 Å². The van der Waals surface area contributed by atoms with Crippen LogP contribution in [0.2, 0.25) is 0 Å². The molecule has 4 nitrogen and oxygen atoms in total. The van der Waals surface area contributed by atoms with Crippen molar-refractivity contribution in [2.24, 2.45) is 0 Å². The minimum atomic E-state index is -0.628. The first kappa shape index (κ1) is 14.9. The second-order valence-corrected chi connectivity index (χ2v) is 3.08. The molecular formula is C13H16O4. The SMILES string of the molecule is C.C=CC(=O)OCOC(=O)c1ccc(C)cc1. The smallest absolute Gasteiger partial charge is 0.340 e. The summed E-state index contributed by atoms with van der Waals surface area (Å²) in [7, 11) is 0. The number of benzene rings is 1. The predicted octanol–water partition coefficient (Wildman–Crippen LogP) is 2.47. The van der Waals surface area contributed by atoms with Crippen LogP contribution >= 0.6 is 0 Å². The van der Waals surface area contributed by atoms with Crippen molar-refractivity contribution >= 4 is 11.9 Å². The number of ether oxygens (including phenoxy) is 2. The van der Waals surface area contributed by atoms with Crippen molar-refractivity contribution in [3.8, 4) is 0 Å². The van der Waals surface area contributed by atoms with Crippen molar-refractivity contribution in [2.45, 2.75) is 14.4 Å². The maximum absolute atomic E-state index is 11.4. The van der Waals surface area contributed by atoms with E-state index in [0.717, 1.165) is 11.6 Å². The van der Waals surface area contributed by atoms with Crippen LogP contribution in [0.1, 0.15) is 23.3 Å². The molecule has 1 aromatic rings. The molecule has 17 heavy (non-hydrogen) atoms. The van der Waals surface area contributed by atoms with E-state index in [2.05, 4.69) is 11.3 Å². The zero-order valence-electron chi connectivity index (χ0n) is 8.93. The molecule has 0 saturated carbocycles. The van der Waals surface area contributed by atoms with Gasteiger partial charge in [-0.05, 0) is 19.1 Å². The third-order valence-electron chi connectivity index (χ3n) is 1.85. The molecule has 0 atom stereocenters. The van der Waals surface area contributed by atoms with Crippen molar-refractivity contribution in [1.82, 2.24) is 0 Å². The molecule has 0 spiro atoms. The molecule has 0 aliphatic carbocycles. The molecule has 92 valence electrons. The summed E-state index contributed by atoms with van der Waals surface area (Å²) in [6.45, 7) is 4.72. The molecule has 0 radical (unpaired) electrons. The Morgan fingerprint density at radius 1 is 1.24 bits per heavy atom. The maximum atomic E-state index is 11.4. The highest BCUT2D eigenvalue weighted by Gasteiger charge is 2.06. The Morgan fingerprint density at radius 3 is 2.35 bits per heavy atom. The number of rotatable bonds is 4. The Balaban J connectivity index is 0.00000256. The lowest BCUT2D eigenvalue weighted by Crippen LogP contribution is -2.11. The quantitative estimate of drug-likeness (QED) is 0.458. The molecule has 0 heterocycles. The van der Waals surface area contributed by atoms with Gasteiger partial charge in [-0.15, -0.1) is 0 Å². The predicted molar refractivity (Wildman–Crippen MR) is 64.5 cm³/mol. The fourth-order valence-electron chi connectivity index (χ4n) is 0.973. The molecule has 0 aliphatic rings. The second-order valence-electron chi connectivity index (χ2n) is 3.08. The van der Waals surface area contributed by atoms with E-state index < -0.39 is 18.7 Å². The first-order chi connectivity index (χ1) is 7.63. The van der Waals surface area contributed by atoms with Crippen LogP contribution in [-0.4, -0.2) is 18.7 Å². The molecule has 1 rings (SSSR count). The maximum Gasteiger partial charge on any atom is 0.340 e. The average Bonchev–Trinajstić information content (AvgIpc) is 2.29. The van der Waals surface area contributed by atoms with Crippen molar-refractivity contribution in [2.75, 3.05) is 6.79 Å². The molecule has 1 aromatic carbocycles. The fraction of sp³-hybridized carbons (Fsp3) is 0.231. The minimum Gasteiger partial charge on any atom is -0.425 e. The Labute approximate surface area is 101 Å². The third kappa shape index (κ3) is 4.97. The van der Waals surface area contributed by atoms with Crippen LogP contribution in [0.5, 0.6) is 0 Å². The van der Waals surface area contributed by atoms with Gasteiger partial charge in [0.1, 0.15) is 0 Å². The lowest BCUT2D eigenvalue weighted by Gasteiger charge is -2.04. The van der Waals surface area contributed by atoms with Crippen LogP contribution in [-0.2, 0) is 14.3 Å². The Kier molecular flexibility index (Phi) is 6.33. The molecule has 0 aromatic heterocycles. The van der Waals surface area contributed by atoms with Crippen LogP contribution in [0.4, 0.5) is 0 Å². The highest BCUT2D eigenvalue weighted by atomic mass is 16.7. The summed E-state index contributed by atoms with van der Waals surface area (Å²) in [6.07, 6.45) is 1.000. The summed E-state index contributed by atoms with van der Waals surface area (Å²) in [5.74, 6) is -1.16. The van der Waals surface area contributed by atoms with Gasteiger partial charge < -0.3 is 9.47 Å². The molecule has 0 unspecified atom stereocenters. The molecule has 0 saturated heterocycles. The normalized spacial score (nSPS) is 8.76. The van der Waals surface area contributed by atoms with Crippen molar-refractivity contribution in [3.63, 3.8) is 0 Å². The lowest BCUT2D eigenvalue weighted by molar-refractivity contribution is -0.146. The highest BCUT2D eigenvalue weighted by Crippen LogP contribution is 2.04. The van der Waals surface area contributed by atoms with Gasteiger partial charge in [0.05, 0.1) is 5.56 Å². The van der Waals surface area contributed by atoms with E-state index in [1.807, 2.05) is 6.92 Å². The minimum absolute atomic E-state index is 0. The van der Waals surface area contributed by atoms with E-state index in [-0.39, 0.29) is 7.43 Å². The number of carbonyl (C=O) groups is 2. The van der Waals surface area contributed by atoms with E-state index in [4.69, 9.17) is 4.74 Å². The van der Waals surface area contributed by atoms with Gasteiger partial charge in [-0.25, -0.2) is 9.59 Å². The van der Waals surface area contributed by atoms with E-state index in [1.165, 1.54) is 0 Å². The summed E-state index contributed by atoms with van der Waals surface area (Å²) < 4.78 is 9.22. The van der Waals surface area contributed by atoms with Gasteiger partial charge in [-0.3, -0.25) is 0 Å². The van der Waals surface area contributed by atoms with Crippen molar-refractivity contribution < 1.29 is 19.1 Å². The average molecular weight is 236 g/mol. The fourth-order valence-corrected chi connectivity index (χ4v) is 0.973. The van der Waals surface area contributed by atoms with Gasteiger partial charge in [-0.2, -0.15) is 0 Å². The molecule has 0 aliphatic heterocycles. The monoisotopic (exact) mass is 236 g/mol. The first-order valence-electron chi connectivity index (χ1n) is 4.66. The summed E-state index contributed by atoms with van der Waals surface area (Å²) >= 11 is 0. The first-order valence-corrected chi connectivity index (χ1v) is 4.66. The second kappa shape index (κ2) is 7.22. The van der Waals surface area contributed by atoms with E-state index in [1.54, 1.807) is 24.3 Å². The number of esters is 2. The summed E-state index contributed by atoms with van der Waals surface area (Å²) in [5, 5.41) is 0. The standard InChI is InChI=1S/C12H12O4.CH4/c1-3-11(13)15-8-16-12(14)10-6-4-9(2)5-7-10;/h3-7H,1,8H2,2H3;1H4. The van der Waals surface area contributed by atoms with Gasteiger partial charge >= 0.3 is 11.9 Å². The molecule has 0 bridgehead atoms. The largest absolute Gasteiger partial charge is 0.425 e. The molecular weight excluding hydrogens is 220 g/mol. The van der Waals surface area contributed by atoms with Gasteiger partial charge in [0.2, 0.25) is 6.79 Å². The zero-order valence-corrected chi connectivity index (χ0v) is 8.93. The van der Waals surface area contributed by atoms with Crippen LogP contribution in [0.3, 0.4) is 0 Å². The van der Waals surface area contributed by atoms with Crippen LogP contribution in [0.15, 0.2) is 36.9 Å². The van der Waals surface area contributed by atoms with E-state index in [9.17, 15) is 9.59 Å². The Morgan fingerprint density at radius 2 is 1.82 bits per heavy atom. The van der Waals surface area contributed by atoms with Gasteiger partial charge in [0.25, 0.3) is 0 Å². The van der Waals surface area contributed by atoms with Crippen molar-refractivity contribution in [1.29, 1.82) is 0 Å². The van der Waals surface area contributed by atoms with Gasteiger partial charge in [0.15, 0.2) is 0 Å². The third-order valence-corrected chi connectivity index (χ3v) is 1.85. The summed E-state index contributed by atoms with van der Waals surface area (Å²) in [5.41, 5.74) is 1.47. The van der Waals surface area contributed by atoms with Gasteiger partial charge in [-0.1, -0.05) is 31.7 Å². The number of carbonyl (C=O) groups excluding carboxylic acids is 2. The van der Waals surface area contributed by atoms with Gasteiger partial charge in [0, 0.05) is 6.08 Å². The molecule has 0 amide bonds. The number of hydrogen-bond donors (Lipinski definition) is 0. The zero-order chi connectivity index (χ0) is 12.0.